The summed E-state index contributed by atoms with van der Waals surface area (Å²) in [5.74, 6) is 0.146. The van der Waals surface area contributed by atoms with E-state index in [2.05, 4.69) is 14.7 Å². The fraction of sp³-hybridized carbons (Fsp3) is 0.286. The van der Waals surface area contributed by atoms with Gasteiger partial charge in [-0.15, -0.1) is 0 Å². The number of hydrogen-bond acceptors (Lipinski definition) is 5. The number of ether oxygens (including phenoxy) is 1. The third kappa shape index (κ3) is 3.65. The van der Waals surface area contributed by atoms with Crippen molar-refractivity contribution in [1.82, 2.24) is 19.4 Å². The number of rotatable bonds is 5. The number of carbonyl (C=O) groups excluding carboxylic acids is 2. The average molecular weight is 288 g/mol. The number of esters is 1. The molecule has 0 radical (unpaired) electrons. The molecule has 0 aliphatic carbocycles. The summed E-state index contributed by atoms with van der Waals surface area (Å²) in [4.78, 5) is 32.8. The lowest BCUT2D eigenvalue weighted by Crippen LogP contribution is -2.29. The van der Waals surface area contributed by atoms with E-state index in [9.17, 15) is 9.59 Å². The van der Waals surface area contributed by atoms with Crippen molar-refractivity contribution in [2.24, 2.45) is 0 Å². The SMILES string of the molecule is COC(=O)CCN(C)C(=O)c1ccc(-n2ccnc2)nc1. The van der Waals surface area contributed by atoms with Crippen molar-refractivity contribution in [2.45, 2.75) is 6.42 Å². The minimum absolute atomic E-state index is 0.166. The van der Waals surface area contributed by atoms with E-state index in [1.165, 1.54) is 18.2 Å². The lowest BCUT2D eigenvalue weighted by molar-refractivity contribution is -0.140. The smallest absolute Gasteiger partial charge is 0.307 e. The Balaban J connectivity index is 2.01. The highest BCUT2D eigenvalue weighted by Gasteiger charge is 2.13. The molecule has 2 rings (SSSR count). The second kappa shape index (κ2) is 6.65. The molecule has 2 aromatic rings. The Morgan fingerprint density at radius 3 is 2.76 bits per heavy atom. The molecule has 7 nitrogen and oxygen atoms in total. The van der Waals surface area contributed by atoms with Gasteiger partial charge in [-0.3, -0.25) is 14.2 Å². The Labute approximate surface area is 122 Å². The fourth-order valence-corrected chi connectivity index (χ4v) is 1.74. The maximum absolute atomic E-state index is 12.2. The van der Waals surface area contributed by atoms with Gasteiger partial charge in [0.25, 0.3) is 5.91 Å². The van der Waals surface area contributed by atoms with Crippen LogP contribution in [0.25, 0.3) is 5.82 Å². The molecule has 0 fully saturated rings. The number of amides is 1. The normalized spacial score (nSPS) is 10.2. The summed E-state index contributed by atoms with van der Waals surface area (Å²) in [5, 5.41) is 0. The van der Waals surface area contributed by atoms with Crippen LogP contribution in [0.2, 0.25) is 0 Å². The molecule has 0 aliphatic rings. The quantitative estimate of drug-likeness (QED) is 0.764. The molecule has 0 aliphatic heterocycles. The highest BCUT2D eigenvalue weighted by atomic mass is 16.5. The zero-order valence-electron chi connectivity index (χ0n) is 11.9. The molecular formula is C14H16N4O3. The summed E-state index contributed by atoms with van der Waals surface area (Å²) in [6.07, 6.45) is 6.73. The Morgan fingerprint density at radius 2 is 2.19 bits per heavy atom. The predicted molar refractivity (Wildman–Crippen MR) is 75.0 cm³/mol. The van der Waals surface area contributed by atoms with Crippen molar-refractivity contribution in [2.75, 3.05) is 20.7 Å². The van der Waals surface area contributed by atoms with Gasteiger partial charge in [0.05, 0.1) is 19.1 Å². The van der Waals surface area contributed by atoms with Crippen LogP contribution in [0.1, 0.15) is 16.8 Å². The van der Waals surface area contributed by atoms with E-state index in [1.807, 2.05) is 0 Å². The van der Waals surface area contributed by atoms with Gasteiger partial charge in [0, 0.05) is 32.2 Å². The minimum atomic E-state index is -0.344. The van der Waals surface area contributed by atoms with Crippen molar-refractivity contribution in [3.63, 3.8) is 0 Å². The molecule has 2 aromatic heterocycles. The third-order valence-corrected chi connectivity index (χ3v) is 2.99. The summed E-state index contributed by atoms with van der Waals surface area (Å²) in [7, 11) is 2.96. The number of hydrogen-bond donors (Lipinski definition) is 0. The van der Waals surface area contributed by atoms with E-state index in [0.717, 1.165) is 0 Å². The van der Waals surface area contributed by atoms with Crippen molar-refractivity contribution >= 4 is 11.9 Å². The van der Waals surface area contributed by atoms with E-state index in [-0.39, 0.29) is 18.3 Å². The van der Waals surface area contributed by atoms with Crippen LogP contribution in [0, 0.1) is 0 Å². The predicted octanol–water partition coefficient (Wildman–Crippen LogP) is 0.902. The lowest BCUT2D eigenvalue weighted by Gasteiger charge is -2.16. The highest BCUT2D eigenvalue weighted by molar-refractivity contribution is 5.94. The number of pyridine rings is 1. The van der Waals surface area contributed by atoms with Crippen molar-refractivity contribution in [3.05, 3.63) is 42.6 Å². The Hall–Kier alpha value is -2.70. The summed E-state index contributed by atoms with van der Waals surface area (Å²) < 4.78 is 6.29. The van der Waals surface area contributed by atoms with E-state index < -0.39 is 0 Å². The monoisotopic (exact) mass is 288 g/mol. The highest BCUT2D eigenvalue weighted by Crippen LogP contribution is 2.07. The summed E-state index contributed by atoms with van der Waals surface area (Å²) in [6.45, 7) is 0.300. The van der Waals surface area contributed by atoms with Crippen LogP contribution >= 0.6 is 0 Å². The van der Waals surface area contributed by atoms with E-state index in [0.29, 0.717) is 17.9 Å². The van der Waals surface area contributed by atoms with Crippen molar-refractivity contribution in [1.29, 1.82) is 0 Å². The van der Waals surface area contributed by atoms with Crippen LogP contribution in [0.5, 0.6) is 0 Å². The number of aromatic nitrogens is 3. The second-order valence-electron chi connectivity index (χ2n) is 4.43. The Morgan fingerprint density at radius 1 is 1.38 bits per heavy atom. The van der Waals surface area contributed by atoms with E-state index >= 15 is 0 Å². The number of methoxy groups -OCH3 is 1. The molecule has 0 saturated heterocycles. The zero-order valence-corrected chi connectivity index (χ0v) is 11.9. The molecule has 1 amide bonds. The summed E-state index contributed by atoms with van der Waals surface area (Å²) in [6, 6.07) is 3.43. The van der Waals surface area contributed by atoms with Crippen LogP contribution in [0.4, 0.5) is 0 Å². The van der Waals surface area contributed by atoms with Crippen LogP contribution in [-0.2, 0) is 9.53 Å². The summed E-state index contributed by atoms with van der Waals surface area (Å²) >= 11 is 0. The van der Waals surface area contributed by atoms with E-state index in [1.54, 1.807) is 42.5 Å². The number of carbonyl (C=O) groups is 2. The lowest BCUT2D eigenvalue weighted by atomic mass is 10.2. The van der Waals surface area contributed by atoms with Gasteiger partial charge in [0.1, 0.15) is 12.1 Å². The summed E-state index contributed by atoms with van der Waals surface area (Å²) in [5.41, 5.74) is 0.464. The van der Waals surface area contributed by atoms with Gasteiger partial charge in [0.15, 0.2) is 0 Å². The van der Waals surface area contributed by atoms with Crippen LogP contribution in [0.15, 0.2) is 37.1 Å². The fourth-order valence-electron chi connectivity index (χ4n) is 1.74. The topological polar surface area (TPSA) is 77.3 Å². The second-order valence-corrected chi connectivity index (χ2v) is 4.43. The van der Waals surface area contributed by atoms with Gasteiger partial charge in [-0.25, -0.2) is 9.97 Å². The molecule has 0 unspecified atom stereocenters. The molecule has 0 aromatic carbocycles. The molecule has 0 spiro atoms. The van der Waals surface area contributed by atoms with Gasteiger partial charge < -0.3 is 9.64 Å². The Kier molecular flexibility index (Phi) is 4.65. The van der Waals surface area contributed by atoms with Crippen LogP contribution in [-0.4, -0.2) is 52.0 Å². The molecule has 21 heavy (non-hydrogen) atoms. The van der Waals surface area contributed by atoms with Crippen molar-refractivity contribution in [3.8, 4) is 5.82 Å². The molecule has 2 heterocycles. The first-order valence-corrected chi connectivity index (χ1v) is 6.38. The maximum atomic E-state index is 12.2. The first-order chi connectivity index (χ1) is 10.1. The number of nitrogens with zero attached hydrogens (tertiary/aromatic N) is 4. The average Bonchev–Trinajstić information content (AvgIpc) is 3.06. The molecular weight excluding hydrogens is 272 g/mol. The molecule has 0 saturated carbocycles. The standard InChI is InChI=1S/C14H16N4O3/c1-17(7-5-13(19)21-2)14(20)11-3-4-12(16-9-11)18-8-6-15-10-18/h3-4,6,8-10H,5,7H2,1-2H3. The minimum Gasteiger partial charge on any atom is -0.469 e. The van der Waals surface area contributed by atoms with Gasteiger partial charge >= 0.3 is 5.97 Å². The molecule has 0 bridgehead atoms. The van der Waals surface area contributed by atoms with E-state index in [4.69, 9.17) is 0 Å². The molecule has 7 heteroatoms. The largest absolute Gasteiger partial charge is 0.469 e. The molecule has 0 atom stereocenters. The van der Waals surface area contributed by atoms with Crippen LogP contribution < -0.4 is 0 Å². The Bertz CT molecular complexity index is 608. The van der Waals surface area contributed by atoms with Crippen molar-refractivity contribution < 1.29 is 14.3 Å². The first-order valence-electron chi connectivity index (χ1n) is 6.38. The van der Waals surface area contributed by atoms with Gasteiger partial charge in [-0.2, -0.15) is 0 Å². The molecule has 110 valence electrons. The van der Waals surface area contributed by atoms with Crippen LogP contribution in [0.3, 0.4) is 0 Å². The molecule has 0 N–H and O–H groups in total. The first kappa shape index (κ1) is 14.7. The van der Waals surface area contributed by atoms with Gasteiger partial charge in [-0.05, 0) is 12.1 Å². The van der Waals surface area contributed by atoms with Gasteiger partial charge in [-0.1, -0.05) is 0 Å². The zero-order chi connectivity index (χ0) is 15.2. The number of imidazole rings is 1. The van der Waals surface area contributed by atoms with Gasteiger partial charge in [0.2, 0.25) is 0 Å². The third-order valence-electron chi connectivity index (χ3n) is 2.99. The maximum Gasteiger partial charge on any atom is 0.307 e.